The largest absolute Gasteiger partial charge is 0.484 e. The predicted octanol–water partition coefficient (Wildman–Crippen LogP) is 3.56. The van der Waals surface area contributed by atoms with Crippen molar-refractivity contribution in [1.82, 2.24) is 9.74 Å². The zero-order valence-electron chi connectivity index (χ0n) is 16.4. The first-order valence-corrected chi connectivity index (χ1v) is 10.6. The molecule has 0 spiro atoms. The van der Waals surface area contributed by atoms with Crippen LogP contribution in [-0.2, 0) is 14.3 Å². The van der Waals surface area contributed by atoms with E-state index in [1.54, 1.807) is 48.5 Å². The van der Waals surface area contributed by atoms with Crippen LogP contribution in [0.4, 0.5) is 0 Å². The quantitative estimate of drug-likeness (QED) is 0.430. The van der Waals surface area contributed by atoms with E-state index in [2.05, 4.69) is 5.32 Å². The summed E-state index contributed by atoms with van der Waals surface area (Å²) in [6.45, 7) is 0.737. The van der Waals surface area contributed by atoms with Gasteiger partial charge in [0.05, 0.1) is 6.54 Å². The van der Waals surface area contributed by atoms with Crippen molar-refractivity contribution in [3.63, 3.8) is 0 Å². The molecule has 0 aromatic heterocycles. The van der Waals surface area contributed by atoms with Crippen molar-refractivity contribution in [3.8, 4) is 11.5 Å². The summed E-state index contributed by atoms with van der Waals surface area (Å²) >= 11 is 17.7. The van der Waals surface area contributed by atoms with Crippen molar-refractivity contribution in [2.75, 3.05) is 32.8 Å². The summed E-state index contributed by atoms with van der Waals surface area (Å²) in [5, 5.41) is 3.94. The van der Waals surface area contributed by atoms with Crippen LogP contribution in [0.5, 0.6) is 11.5 Å². The fourth-order valence-electron chi connectivity index (χ4n) is 2.97. The Morgan fingerprint density at radius 2 is 1.45 bits per heavy atom. The summed E-state index contributed by atoms with van der Waals surface area (Å²) in [5.41, 5.74) is 0. The molecule has 2 unspecified atom stereocenters. The SMILES string of the molecule is O=C(COc1ccc(Cl)cc1)NCC1CN(Cl)CC1OC(=O)COc1ccc(Cl)cc1. The van der Waals surface area contributed by atoms with E-state index >= 15 is 0 Å². The summed E-state index contributed by atoms with van der Waals surface area (Å²) in [4.78, 5) is 24.2. The summed E-state index contributed by atoms with van der Waals surface area (Å²) in [6.07, 6.45) is -0.462. The first kappa shape index (κ1) is 23.5. The van der Waals surface area contributed by atoms with Crippen LogP contribution >= 0.6 is 35.0 Å². The van der Waals surface area contributed by atoms with E-state index in [0.29, 0.717) is 41.2 Å². The number of carbonyl (C=O) groups is 2. The van der Waals surface area contributed by atoms with E-state index in [1.807, 2.05) is 0 Å². The minimum Gasteiger partial charge on any atom is -0.484 e. The molecule has 7 nitrogen and oxygen atoms in total. The average molecular weight is 488 g/mol. The molecule has 1 N–H and O–H groups in total. The fourth-order valence-corrected chi connectivity index (χ4v) is 3.54. The lowest BCUT2D eigenvalue weighted by molar-refractivity contribution is -0.152. The Balaban J connectivity index is 1.41. The third-order valence-electron chi connectivity index (χ3n) is 4.53. The first-order valence-electron chi connectivity index (χ1n) is 9.52. The van der Waals surface area contributed by atoms with E-state index in [0.717, 1.165) is 0 Å². The van der Waals surface area contributed by atoms with Gasteiger partial charge in [-0.2, -0.15) is 0 Å². The van der Waals surface area contributed by atoms with Crippen LogP contribution in [0, 0.1) is 5.92 Å². The Morgan fingerprint density at radius 1 is 0.903 bits per heavy atom. The summed E-state index contributed by atoms with van der Waals surface area (Å²) in [7, 11) is 0. The normalized spacial score (nSPS) is 18.4. The highest BCUT2D eigenvalue weighted by Gasteiger charge is 2.35. The average Bonchev–Trinajstić information content (AvgIpc) is 3.10. The van der Waals surface area contributed by atoms with Crippen LogP contribution in [0.25, 0.3) is 0 Å². The number of hydrogen-bond donors (Lipinski definition) is 1. The Bertz CT molecular complexity index is 880. The van der Waals surface area contributed by atoms with Gasteiger partial charge in [-0.25, -0.2) is 9.21 Å². The van der Waals surface area contributed by atoms with Crippen LogP contribution in [0.3, 0.4) is 0 Å². The van der Waals surface area contributed by atoms with Gasteiger partial charge in [-0.05, 0) is 60.3 Å². The van der Waals surface area contributed by atoms with Gasteiger partial charge in [0.2, 0.25) is 0 Å². The first-order chi connectivity index (χ1) is 14.9. The summed E-state index contributed by atoms with van der Waals surface area (Å²) in [6, 6.07) is 13.4. The van der Waals surface area contributed by atoms with Crippen molar-refractivity contribution in [2.45, 2.75) is 6.10 Å². The number of carbonyl (C=O) groups excluding carboxylic acids is 2. The highest BCUT2D eigenvalue weighted by atomic mass is 35.5. The minimum atomic E-state index is -0.519. The second kappa shape index (κ2) is 11.4. The molecule has 166 valence electrons. The van der Waals surface area contributed by atoms with Gasteiger partial charge in [0, 0.05) is 29.1 Å². The molecule has 0 bridgehead atoms. The fraction of sp³-hybridized carbons (Fsp3) is 0.333. The number of benzene rings is 2. The molecule has 2 aromatic rings. The van der Waals surface area contributed by atoms with E-state index in [9.17, 15) is 9.59 Å². The van der Waals surface area contributed by atoms with E-state index in [-0.39, 0.29) is 25.0 Å². The molecular weight excluding hydrogens is 467 g/mol. The lowest BCUT2D eigenvalue weighted by Gasteiger charge is -2.19. The zero-order valence-corrected chi connectivity index (χ0v) is 18.7. The van der Waals surface area contributed by atoms with Gasteiger partial charge in [0.25, 0.3) is 5.91 Å². The third-order valence-corrected chi connectivity index (χ3v) is 5.31. The molecule has 1 saturated heterocycles. The Morgan fingerprint density at radius 3 is 2.03 bits per heavy atom. The monoisotopic (exact) mass is 486 g/mol. The predicted molar refractivity (Wildman–Crippen MR) is 118 cm³/mol. The van der Waals surface area contributed by atoms with Crippen LogP contribution < -0.4 is 14.8 Å². The van der Waals surface area contributed by atoms with Gasteiger partial charge in [0.1, 0.15) is 17.6 Å². The Hall–Kier alpha value is -2.19. The van der Waals surface area contributed by atoms with Gasteiger partial charge >= 0.3 is 5.97 Å². The van der Waals surface area contributed by atoms with Crippen molar-refractivity contribution >= 4 is 46.9 Å². The summed E-state index contributed by atoms with van der Waals surface area (Å²) in [5.74, 6) is 0.0842. The van der Waals surface area contributed by atoms with Gasteiger partial charge in [0.15, 0.2) is 13.2 Å². The molecule has 0 radical (unpaired) electrons. The molecule has 10 heteroatoms. The topological polar surface area (TPSA) is 77.1 Å². The lowest BCUT2D eigenvalue weighted by atomic mass is 10.1. The second-order valence-electron chi connectivity index (χ2n) is 6.91. The van der Waals surface area contributed by atoms with Crippen molar-refractivity contribution in [3.05, 3.63) is 58.6 Å². The Labute approximate surface area is 195 Å². The maximum absolute atomic E-state index is 12.2. The number of esters is 1. The third kappa shape index (κ3) is 7.78. The van der Waals surface area contributed by atoms with Crippen molar-refractivity contribution in [2.24, 2.45) is 5.92 Å². The molecule has 1 aliphatic rings. The minimum absolute atomic E-state index is 0.141. The molecule has 3 rings (SSSR count). The van der Waals surface area contributed by atoms with E-state index in [4.69, 9.17) is 49.2 Å². The van der Waals surface area contributed by atoms with Crippen LogP contribution in [0.1, 0.15) is 0 Å². The number of hydrogen-bond acceptors (Lipinski definition) is 6. The van der Waals surface area contributed by atoms with Gasteiger partial charge < -0.3 is 19.5 Å². The number of halogens is 3. The van der Waals surface area contributed by atoms with Crippen LogP contribution in [-0.4, -0.2) is 55.2 Å². The summed E-state index contributed by atoms with van der Waals surface area (Å²) < 4.78 is 17.8. The number of ether oxygens (including phenoxy) is 3. The van der Waals surface area contributed by atoms with Gasteiger partial charge in [-0.1, -0.05) is 23.2 Å². The maximum Gasteiger partial charge on any atom is 0.344 e. The molecule has 1 aliphatic heterocycles. The van der Waals surface area contributed by atoms with Gasteiger partial charge in [-0.3, -0.25) is 4.79 Å². The smallest absolute Gasteiger partial charge is 0.344 e. The number of amides is 1. The molecular formula is C21H21Cl3N2O5. The number of nitrogens with one attached hydrogen (secondary N) is 1. The van der Waals surface area contributed by atoms with Crippen molar-refractivity contribution in [1.29, 1.82) is 0 Å². The molecule has 2 aromatic carbocycles. The highest BCUT2D eigenvalue weighted by Crippen LogP contribution is 2.22. The van der Waals surface area contributed by atoms with Crippen molar-refractivity contribution < 1.29 is 23.8 Å². The van der Waals surface area contributed by atoms with E-state index in [1.165, 1.54) is 4.42 Å². The lowest BCUT2D eigenvalue weighted by Crippen LogP contribution is -2.38. The molecule has 0 aliphatic carbocycles. The second-order valence-corrected chi connectivity index (χ2v) is 8.26. The molecule has 0 saturated carbocycles. The molecule has 1 amide bonds. The number of nitrogens with zero attached hydrogens (tertiary/aromatic N) is 1. The number of rotatable bonds is 9. The molecule has 1 heterocycles. The molecule has 2 atom stereocenters. The molecule has 1 fully saturated rings. The van der Waals surface area contributed by atoms with Crippen LogP contribution in [0.2, 0.25) is 10.0 Å². The highest BCUT2D eigenvalue weighted by molar-refractivity contribution is 6.30. The van der Waals surface area contributed by atoms with E-state index < -0.39 is 12.1 Å². The standard InChI is InChI=1S/C21H21Cl3N2O5/c22-15-1-5-17(6-2-15)29-12-20(27)25-9-14-10-26(24)11-19(14)31-21(28)13-30-18-7-3-16(23)4-8-18/h1-8,14,19H,9-13H2,(H,25,27). The maximum atomic E-state index is 12.2. The van der Waals surface area contributed by atoms with Gasteiger partial charge in [-0.15, -0.1) is 0 Å². The zero-order chi connectivity index (χ0) is 22.2. The Kier molecular flexibility index (Phi) is 8.66. The van der Waals surface area contributed by atoms with Crippen LogP contribution in [0.15, 0.2) is 48.5 Å². The molecule has 31 heavy (non-hydrogen) atoms.